The standard InChI is InChI=1S/C14H18N6O2/c1-11-8-22-5-4-19(11)14(21)17-7-12-2-3-13(16-6-12)20-10-15-9-18-20/h2-3,6,9-11H,4-5,7-8H2,1H3,(H,17,21). The molecule has 0 aromatic carbocycles. The summed E-state index contributed by atoms with van der Waals surface area (Å²) in [4.78, 5) is 22.1. The average molecular weight is 302 g/mol. The van der Waals surface area contributed by atoms with Crippen molar-refractivity contribution < 1.29 is 9.53 Å². The van der Waals surface area contributed by atoms with Crippen molar-refractivity contribution in [3.05, 3.63) is 36.5 Å². The van der Waals surface area contributed by atoms with Crippen LogP contribution >= 0.6 is 0 Å². The van der Waals surface area contributed by atoms with Crippen molar-refractivity contribution in [2.75, 3.05) is 19.8 Å². The first-order chi connectivity index (χ1) is 10.7. The van der Waals surface area contributed by atoms with Gasteiger partial charge >= 0.3 is 6.03 Å². The van der Waals surface area contributed by atoms with E-state index in [1.165, 1.54) is 6.33 Å². The molecule has 3 heterocycles. The lowest BCUT2D eigenvalue weighted by Crippen LogP contribution is -2.51. The van der Waals surface area contributed by atoms with Gasteiger partial charge in [-0.3, -0.25) is 0 Å². The fourth-order valence-electron chi connectivity index (χ4n) is 2.29. The van der Waals surface area contributed by atoms with Crippen LogP contribution in [0.1, 0.15) is 12.5 Å². The molecule has 0 aliphatic carbocycles. The molecule has 8 nitrogen and oxygen atoms in total. The first-order valence-corrected chi connectivity index (χ1v) is 7.16. The highest BCUT2D eigenvalue weighted by Gasteiger charge is 2.23. The number of nitrogens with one attached hydrogen (secondary N) is 1. The first-order valence-electron chi connectivity index (χ1n) is 7.16. The van der Waals surface area contributed by atoms with Crippen LogP contribution in [0.4, 0.5) is 4.79 Å². The third kappa shape index (κ3) is 3.22. The van der Waals surface area contributed by atoms with E-state index in [0.29, 0.717) is 32.1 Å². The van der Waals surface area contributed by atoms with Gasteiger partial charge in [-0.1, -0.05) is 6.07 Å². The largest absolute Gasteiger partial charge is 0.377 e. The van der Waals surface area contributed by atoms with E-state index in [9.17, 15) is 4.79 Å². The average Bonchev–Trinajstić information content (AvgIpc) is 3.08. The van der Waals surface area contributed by atoms with Crippen LogP contribution in [-0.4, -0.2) is 56.5 Å². The molecule has 8 heteroatoms. The third-order valence-corrected chi connectivity index (χ3v) is 3.53. The van der Waals surface area contributed by atoms with Crippen LogP contribution in [0.5, 0.6) is 0 Å². The van der Waals surface area contributed by atoms with Crippen molar-refractivity contribution in [3.63, 3.8) is 0 Å². The maximum atomic E-state index is 12.2. The molecular formula is C14H18N6O2. The lowest BCUT2D eigenvalue weighted by molar-refractivity contribution is 0.0190. The van der Waals surface area contributed by atoms with Crippen LogP contribution in [0.25, 0.3) is 5.82 Å². The number of carbonyl (C=O) groups is 1. The molecule has 3 rings (SSSR count). The number of amides is 2. The summed E-state index contributed by atoms with van der Waals surface area (Å²) in [5.41, 5.74) is 0.929. The second-order valence-electron chi connectivity index (χ2n) is 5.14. The molecule has 1 atom stereocenters. The molecule has 1 aliphatic heterocycles. The highest BCUT2D eigenvalue weighted by Crippen LogP contribution is 2.07. The van der Waals surface area contributed by atoms with Gasteiger partial charge in [-0.2, -0.15) is 5.10 Å². The third-order valence-electron chi connectivity index (χ3n) is 3.53. The predicted molar refractivity (Wildman–Crippen MR) is 78.4 cm³/mol. The van der Waals surface area contributed by atoms with E-state index >= 15 is 0 Å². The second kappa shape index (κ2) is 6.52. The number of carbonyl (C=O) groups excluding carboxylic acids is 1. The van der Waals surface area contributed by atoms with Gasteiger partial charge in [-0.25, -0.2) is 19.4 Å². The number of urea groups is 1. The molecule has 0 radical (unpaired) electrons. The van der Waals surface area contributed by atoms with Gasteiger partial charge in [0.2, 0.25) is 0 Å². The van der Waals surface area contributed by atoms with E-state index < -0.39 is 0 Å². The van der Waals surface area contributed by atoms with Crippen molar-refractivity contribution in [2.24, 2.45) is 0 Å². The van der Waals surface area contributed by atoms with Gasteiger partial charge in [0.05, 0.1) is 19.3 Å². The molecule has 2 aromatic rings. The van der Waals surface area contributed by atoms with Crippen molar-refractivity contribution in [3.8, 4) is 5.82 Å². The molecule has 0 saturated carbocycles. The minimum atomic E-state index is -0.0730. The Kier molecular flexibility index (Phi) is 4.29. The van der Waals surface area contributed by atoms with Gasteiger partial charge in [0.25, 0.3) is 0 Å². The van der Waals surface area contributed by atoms with Crippen LogP contribution in [-0.2, 0) is 11.3 Å². The molecule has 1 aliphatic rings. The fraction of sp³-hybridized carbons (Fsp3) is 0.429. The zero-order chi connectivity index (χ0) is 15.4. The van der Waals surface area contributed by atoms with Crippen LogP contribution in [0.15, 0.2) is 31.0 Å². The molecule has 2 amide bonds. The highest BCUT2D eigenvalue weighted by molar-refractivity contribution is 5.74. The molecule has 22 heavy (non-hydrogen) atoms. The number of pyridine rings is 1. The molecule has 1 fully saturated rings. The maximum absolute atomic E-state index is 12.2. The molecule has 116 valence electrons. The van der Waals surface area contributed by atoms with Crippen molar-refractivity contribution in [1.82, 2.24) is 30.0 Å². The predicted octanol–water partition coefficient (Wildman–Crippen LogP) is 0.593. The van der Waals surface area contributed by atoms with Crippen molar-refractivity contribution in [2.45, 2.75) is 19.5 Å². The first kappa shape index (κ1) is 14.5. The number of aromatic nitrogens is 4. The van der Waals surface area contributed by atoms with Gasteiger partial charge in [0, 0.05) is 19.3 Å². The summed E-state index contributed by atoms with van der Waals surface area (Å²) < 4.78 is 6.91. The summed E-state index contributed by atoms with van der Waals surface area (Å²) in [6, 6.07) is 3.78. The maximum Gasteiger partial charge on any atom is 0.318 e. The number of nitrogens with zero attached hydrogens (tertiary/aromatic N) is 5. The monoisotopic (exact) mass is 302 g/mol. The zero-order valence-electron chi connectivity index (χ0n) is 12.3. The number of morpholine rings is 1. The topological polar surface area (TPSA) is 85.2 Å². The molecule has 2 aromatic heterocycles. The van der Waals surface area contributed by atoms with E-state index in [2.05, 4.69) is 20.4 Å². The summed E-state index contributed by atoms with van der Waals surface area (Å²) in [6.07, 6.45) is 4.77. The molecule has 1 unspecified atom stereocenters. The molecular weight excluding hydrogens is 284 g/mol. The molecule has 1 saturated heterocycles. The van der Waals surface area contributed by atoms with Gasteiger partial charge in [-0.05, 0) is 18.6 Å². The fourth-order valence-corrected chi connectivity index (χ4v) is 2.29. The lowest BCUT2D eigenvalue weighted by atomic mass is 10.2. The quantitative estimate of drug-likeness (QED) is 0.897. The summed E-state index contributed by atoms with van der Waals surface area (Å²) in [6.45, 7) is 4.21. The minimum absolute atomic E-state index is 0.0730. The smallest absolute Gasteiger partial charge is 0.318 e. The number of hydrogen-bond acceptors (Lipinski definition) is 5. The second-order valence-corrected chi connectivity index (χ2v) is 5.14. The Morgan fingerprint density at radius 2 is 2.41 bits per heavy atom. The normalized spacial score (nSPS) is 18.2. The molecule has 0 bridgehead atoms. The lowest BCUT2D eigenvalue weighted by Gasteiger charge is -2.33. The van der Waals surface area contributed by atoms with E-state index in [1.807, 2.05) is 19.1 Å². The van der Waals surface area contributed by atoms with Crippen LogP contribution in [0.2, 0.25) is 0 Å². The Morgan fingerprint density at radius 3 is 3.09 bits per heavy atom. The Bertz CT molecular complexity index is 613. The SMILES string of the molecule is CC1COCCN1C(=O)NCc1ccc(-n2cncn2)nc1. The number of ether oxygens (including phenoxy) is 1. The van der Waals surface area contributed by atoms with Gasteiger partial charge in [-0.15, -0.1) is 0 Å². The van der Waals surface area contributed by atoms with Crippen molar-refractivity contribution in [1.29, 1.82) is 0 Å². The van der Waals surface area contributed by atoms with Gasteiger partial charge in [0.15, 0.2) is 5.82 Å². The van der Waals surface area contributed by atoms with E-state index in [4.69, 9.17) is 4.74 Å². The Hall–Kier alpha value is -2.48. The minimum Gasteiger partial charge on any atom is -0.377 e. The van der Waals surface area contributed by atoms with E-state index in [0.717, 1.165) is 5.56 Å². The van der Waals surface area contributed by atoms with Gasteiger partial charge in [0.1, 0.15) is 12.7 Å². The Balaban J connectivity index is 1.56. The molecule has 0 spiro atoms. The van der Waals surface area contributed by atoms with E-state index in [1.54, 1.807) is 22.1 Å². The molecule has 1 N–H and O–H groups in total. The van der Waals surface area contributed by atoms with Crippen LogP contribution < -0.4 is 5.32 Å². The van der Waals surface area contributed by atoms with Gasteiger partial charge < -0.3 is 15.0 Å². The van der Waals surface area contributed by atoms with Crippen molar-refractivity contribution >= 4 is 6.03 Å². The summed E-state index contributed by atoms with van der Waals surface area (Å²) in [5.74, 6) is 0.689. The number of rotatable bonds is 3. The zero-order valence-corrected chi connectivity index (χ0v) is 12.3. The van der Waals surface area contributed by atoms with Crippen LogP contribution in [0.3, 0.4) is 0 Å². The summed E-state index contributed by atoms with van der Waals surface area (Å²) in [5, 5.41) is 6.92. The number of hydrogen-bond donors (Lipinski definition) is 1. The summed E-state index contributed by atoms with van der Waals surface area (Å²) in [7, 11) is 0. The Morgan fingerprint density at radius 1 is 1.50 bits per heavy atom. The van der Waals surface area contributed by atoms with Crippen LogP contribution in [0, 0.1) is 0 Å². The summed E-state index contributed by atoms with van der Waals surface area (Å²) >= 11 is 0. The highest BCUT2D eigenvalue weighted by atomic mass is 16.5. The van der Waals surface area contributed by atoms with E-state index in [-0.39, 0.29) is 12.1 Å². The Labute approximate surface area is 128 Å².